The number of nitrogens with zero attached hydrogens (tertiary/aromatic N) is 2. The molecule has 3 rings (SSSR count). The molecular weight excluding hydrogens is 297 g/mol. The molecule has 0 aliphatic carbocycles. The second kappa shape index (κ2) is 6.40. The van der Waals surface area contributed by atoms with Crippen LogP contribution >= 0.6 is 0 Å². The molecular formula is C17H20FN3O2. The Labute approximate surface area is 134 Å². The average Bonchev–Trinajstić information content (AvgIpc) is 3.16. The van der Waals surface area contributed by atoms with E-state index in [9.17, 15) is 9.18 Å². The summed E-state index contributed by atoms with van der Waals surface area (Å²) in [5.41, 5.74) is 2.27. The van der Waals surface area contributed by atoms with Gasteiger partial charge in [-0.2, -0.15) is 0 Å². The van der Waals surface area contributed by atoms with Gasteiger partial charge < -0.3 is 14.7 Å². The summed E-state index contributed by atoms with van der Waals surface area (Å²) in [5.74, 6) is 0.494. The number of rotatable bonds is 3. The Morgan fingerprint density at radius 3 is 2.96 bits per heavy atom. The third-order valence-electron chi connectivity index (χ3n) is 4.15. The standard InChI is InChI=1S/C17H20FN3O2/c1-11-8-13(5-6-14(11)18)10-19-17(22)21-7-3-4-15(21)16-9-12(2)20-23-16/h5-6,8-9,15H,3-4,7,10H2,1-2H3,(H,19,22). The van der Waals surface area contributed by atoms with Crippen LogP contribution in [0.3, 0.4) is 0 Å². The van der Waals surface area contributed by atoms with Crippen molar-refractivity contribution in [3.8, 4) is 0 Å². The summed E-state index contributed by atoms with van der Waals surface area (Å²) in [6.07, 6.45) is 1.81. The Morgan fingerprint density at radius 2 is 2.26 bits per heavy atom. The van der Waals surface area contributed by atoms with Crippen molar-refractivity contribution in [3.63, 3.8) is 0 Å². The minimum absolute atomic E-state index is 0.0637. The molecule has 1 aromatic carbocycles. The number of aromatic nitrogens is 1. The molecule has 0 saturated carbocycles. The van der Waals surface area contributed by atoms with Crippen LogP contribution < -0.4 is 5.32 Å². The van der Waals surface area contributed by atoms with Gasteiger partial charge in [0.2, 0.25) is 0 Å². The van der Waals surface area contributed by atoms with E-state index in [0.717, 1.165) is 29.9 Å². The highest BCUT2D eigenvalue weighted by atomic mass is 19.1. The number of benzene rings is 1. The van der Waals surface area contributed by atoms with E-state index < -0.39 is 0 Å². The molecule has 1 aliphatic rings. The zero-order valence-electron chi connectivity index (χ0n) is 13.3. The van der Waals surface area contributed by atoms with Crippen LogP contribution in [0.2, 0.25) is 0 Å². The summed E-state index contributed by atoms with van der Waals surface area (Å²) in [7, 11) is 0. The van der Waals surface area contributed by atoms with E-state index >= 15 is 0 Å². The first-order chi connectivity index (χ1) is 11.0. The minimum Gasteiger partial charge on any atom is -0.359 e. The molecule has 1 N–H and O–H groups in total. The molecule has 23 heavy (non-hydrogen) atoms. The third-order valence-corrected chi connectivity index (χ3v) is 4.15. The summed E-state index contributed by atoms with van der Waals surface area (Å²) < 4.78 is 18.6. The predicted octanol–water partition coefficient (Wildman–Crippen LogP) is 3.48. The molecule has 0 spiro atoms. The largest absolute Gasteiger partial charge is 0.359 e. The average molecular weight is 317 g/mol. The second-order valence-corrected chi connectivity index (χ2v) is 5.96. The van der Waals surface area contributed by atoms with Crippen LogP contribution in [0.1, 0.15) is 41.5 Å². The fraction of sp³-hybridized carbons (Fsp3) is 0.412. The molecule has 0 bridgehead atoms. The van der Waals surface area contributed by atoms with Gasteiger partial charge in [0.1, 0.15) is 5.82 Å². The van der Waals surface area contributed by atoms with E-state index in [1.54, 1.807) is 24.0 Å². The van der Waals surface area contributed by atoms with Gasteiger partial charge in [-0.15, -0.1) is 0 Å². The van der Waals surface area contributed by atoms with Crippen LogP contribution in [0.15, 0.2) is 28.8 Å². The lowest BCUT2D eigenvalue weighted by Gasteiger charge is -2.23. The predicted molar refractivity (Wildman–Crippen MR) is 83.3 cm³/mol. The van der Waals surface area contributed by atoms with Crippen molar-refractivity contribution in [2.45, 2.75) is 39.3 Å². The molecule has 1 aliphatic heterocycles. The van der Waals surface area contributed by atoms with Crippen molar-refractivity contribution >= 4 is 6.03 Å². The number of carbonyl (C=O) groups excluding carboxylic acids is 1. The van der Waals surface area contributed by atoms with Gasteiger partial charge in [-0.3, -0.25) is 0 Å². The van der Waals surface area contributed by atoms with E-state index in [4.69, 9.17) is 4.52 Å². The SMILES string of the molecule is Cc1cc(C2CCCN2C(=O)NCc2ccc(F)c(C)c2)on1. The highest BCUT2D eigenvalue weighted by Crippen LogP contribution is 2.32. The Kier molecular flexibility index (Phi) is 4.32. The van der Waals surface area contributed by atoms with Crippen LogP contribution in [-0.4, -0.2) is 22.6 Å². The first-order valence-electron chi connectivity index (χ1n) is 7.77. The van der Waals surface area contributed by atoms with Crippen LogP contribution in [0.4, 0.5) is 9.18 Å². The van der Waals surface area contributed by atoms with E-state index in [2.05, 4.69) is 10.5 Å². The Morgan fingerprint density at radius 1 is 1.43 bits per heavy atom. The maximum Gasteiger partial charge on any atom is 0.318 e. The van der Waals surface area contributed by atoms with Crippen molar-refractivity contribution in [2.24, 2.45) is 0 Å². The quantitative estimate of drug-likeness (QED) is 0.943. The lowest BCUT2D eigenvalue weighted by molar-refractivity contribution is 0.182. The summed E-state index contributed by atoms with van der Waals surface area (Å²) in [6, 6.07) is 6.53. The smallest absolute Gasteiger partial charge is 0.318 e. The monoisotopic (exact) mass is 317 g/mol. The first-order valence-corrected chi connectivity index (χ1v) is 7.77. The van der Waals surface area contributed by atoms with Crippen molar-refractivity contribution in [1.82, 2.24) is 15.4 Å². The van der Waals surface area contributed by atoms with Crippen molar-refractivity contribution in [3.05, 3.63) is 52.7 Å². The number of hydrogen-bond acceptors (Lipinski definition) is 3. The van der Waals surface area contributed by atoms with Gasteiger partial charge in [0.05, 0.1) is 11.7 Å². The number of urea groups is 1. The molecule has 5 nitrogen and oxygen atoms in total. The van der Waals surface area contributed by atoms with E-state index in [1.165, 1.54) is 6.07 Å². The summed E-state index contributed by atoms with van der Waals surface area (Å²) in [5, 5.41) is 6.79. The van der Waals surface area contributed by atoms with Gasteiger partial charge in [0.25, 0.3) is 0 Å². The van der Waals surface area contributed by atoms with E-state index in [1.807, 2.05) is 13.0 Å². The van der Waals surface area contributed by atoms with Crippen LogP contribution in [0.25, 0.3) is 0 Å². The molecule has 6 heteroatoms. The molecule has 2 amide bonds. The highest BCUT2D eigenvalue weighted by Gasteiger charge is 2.32. The third kappa shape index (κ3) is 3.36. The lowest BCUT2D eigenvalue weighted by Crippen LogP contribution is -2.39. The van der Waals surface area contributed by atoms with Gasteiger partial charge in [-0.25, -0.2) is 9.18 Å². The van der Waals surface area contributed by atoms with Crippen molar-refractivity contribution in [1.29, 1.82) is 0 Å². The Hall–Kier alpha value is -2.37. The Bertz CT molecular complexity index is 714. The lowest BCUT2D eigenvalue weighted by atomic mass is 10.1. The molecule has 1 saturated heterocycles. The first kappa shape index (κ1) is 15.5. The number of aryl methyl sites for hydroxylation is 2. The van der Waals surface area contributed by atoms with Gasteiger partial charge in [-0.1, -0.05) is 17.3 Å². The van der Waals surface area contributed by atoms with E-state index in [0.29, 0.717) is 18.7 Å². The fourth-order valence-corrected chi connectivity index (χ4v) is 2.94. The molecule has 1 atom stereocenters. The summed E-state index contributed by atoms with van der Waals surface area (Å²) >= 11 is 0. The van der Waals surface area contributed by atoms with Gasteiger partial charge in [-0.05, 0) is 43.9 Å². The number of hydrogen-bond donors (Lipinski definition) is 1. The zero-order valence-corrected chi connectivity index (χ0v) is 13.3. The molecule has 122 valence electrons. The maximum absolute atomic E-state index is 13.3. The fourth-order valence-electron chi connectivity index (χ4n) is 2.94. The van der Waals surface area contributed by atoms with Gasteiger partial charge >= 0.3 is 6.03 Å². The topological polar surface area (TPSA) is 58.4 Å². The number of nitrogens with one attached hydrogen (secondary N) is 1. The molecule has 1 aromatic heterocycles. The van der Waals surface area contributed by atoms with Crippen LogP contribution in [-0.2, 0) is 6.54 Å². The molecule has 1 fully saturated rings. The zero-order chi connectivity index (χ0) is 16.4. The number of amides is 2. The molecule has 0 radical (unpaired) electrons. The van der Waals surface area contributed by atoms with Crippen molar-refractivity contribution < 1.29 is 13.7 Å². The van der Waals surface area contributed by atoms with E-state index in [-0.39, 0.29) is 17.9 Å². The molecule has 1 unspecified atom stereocenters. The summed E-state index contributed by atoms with van der Waals surface area (Å²) in [4.78, 5) is 14.2. The Balaban J connectivity index is 1.64. The summed E-state index contributed by atoms with van der Waals surface area (Å²) in [6.45, 7) is 4.64. The van der Waals surface area contributed by atoms with Crippen molar-refractivity contribution in [2.75, 3.05) is 6.54 Å². The van der Waals surface area contributed by atoms with Crippen LogP contribution in [0.5, 0.6) is 0 Å². The highest BCUT2D eigenvalue weighted by molar-refractivity contribution is 5.75. The minimum atomic E-state index is -0.236. The second-order valence-electron chi connectivity index (χ2n) is 5.96. The number of carbonyl (C=O) groups is 1. The maximum atomic E-state index is 13.3. The van der Waals surface area contributed by atoms with Gasteiger partial charge in [0.15, 0.2) is 5.76 Å². The number of halogens is 1. The molecule has 2 aromatic rings. The van der Waals surface area contributed by atoms with Gasteiger partial charge in [0, 0.05) is 19.2 Å². The van der Waals surface area contributed by atoms with Crippen LogP contribution in [0, 0.1) is 19.7 Å². The molecule has 2 heterocycles. The number of likely N-dealkylation sites (tertiary alicyclic amines) is 1. The normalized spacial score (nSPS) is 17.5.